The third kappa shape index (κ3) is 10.8. The number of anilines is 2. The number of aromatic nitrogens is 6. The summed E-state index contributed by atoms with van der Waals surface area (Å²) < 4.78 is 113. The molecule has 23 heteroatoms. The summed E-state index contributed by atoms with van der Waals surface area (Å²) in [5, 5.41) is 2.87. The Hall–Kier alpha value is -8.54. The normalized spacial score (nSPS) is 25.3. The molecule has 0 N–H and O–H groups in total. The van der Waals surface area contributed by atoms with Gasteiger partial charge in [-0.25, -0.2) is 26.3 Å². The van der Waals surface area contributed by atoms with Gasteiger partial charge in [0.15, 0.2) is 11.6 Å². The fraction of sp³-hybridized carbons (Fsp3) is 0.452. The summed E-state index contributed by atoms with van der Waals surface area (Å²) in [7, 11) is 5.70. The molecule has 7 aliphatic rings. The second kappa shape index (κ2) is 24.8. The van der Waals surface area contributed by atoms with Crippen LogP contribution in [0.1, 0.15) is 87.4 Å². The average molecular weight is 1310 g/mol. The highest BCUT2D eigenvalue weighted by Crippen LogP contribution is 2.52. The van der Waals surface area contributed by atoms with E-state index < -0.39 is 52.7 Å². The number of likely N-dealkylation sites (tertiary alicyclic amines) is 3. The number of likely N-dealkylation sites (N-methyl/N-ethyl adjacent to an activating group) is 3. The van der Waals surface area contributed by atoms with E-state index in [1.54, 1.807) is 61.3 Å². The second-order valence-corrected chi connectivity index (χ2v) is 27.6. The molecule has 4 aromatic heterocycles. The molecule has 11 heterocycles. The molecule has 7 aliphatic heterocycles. The lowest BCUT2D eigenvalue weighted by molar-refractivity contribution is -0.125. The van der Waals surface area contributed by atoms with E-state index in [4.69, 9.17) is 34.4 Å². The van der Waals surface area contributed by atoms with E-state index in [1.807, 2.05) is 58.8 Å². The highest BCUT2D eigenvalue weighted by Gasteiger charge is 2.55. The van der Waals surface area contributed by atoms with Gasteiger partial charge in [-0.2, -0.15) is 19.9 Å². The van der Waals surface area contributed by atoms with Crippen LogP contribution >= 0.6 is 0 Å². The van der Waals surface area contributed by atoms with Crippen LogP contribution in [0.25, 0.3) is 65.9 Å². The topological polar surface area (TPSA) is 153 Å². The highest BCUT2D eigenvalue weighted by atomic mass is 19.2. The van der Waals surface area contributed by atoms with Gasteiger partial charge in [0.05, 0.1) is 21.9 Å². The maximum absolute atomic E-state index is 18.0. The Balaban J connectivity index is 0.751. The standard InChI is InChI=1S/C73H77F6N13O4/c1-7-49-60-43(13-10-15-51(60)65-63(79)67-54(34-81-65)68(84-70(82-67)95-39-72-24-11-26-91(72)35-44(74)31-72)88(6)48-23-29-90(38-48)58(94)19-17-46-21-27-86(46)4)30-52(61(49)77)56-20-25-73(32-45(75)36-92(56)73)40-96-71-83-66-53(69(85-71)87(5)47-22-28-89(37-47)57(93)8-2)33-80-64(62(66)78)50-14-9-12-42-16-18-55(76)41(3)59(42)50/h8-10,12-19,30,33-34,44-48,56H,2,7,11,20-29,31-32,35-40H2,1,3-6H3/b19-17+/t44-,45-,46+,47-,48-,56?,72?,73+/m1/s1. The minimum atomic E-state index is -1.30. The van der Waals surface area contributed by atoms with Crippen LogP contribution in [-0.2, 0) is 16.0 Å². The molecule has 2 unspecified atom stereocenters. The number of alkyl halides is 2. The maximum atomic E-state index is 18.0. The molecule has 8 atom stereocenters. The molecular weight excluding hydrogens is 1240 g/mol. The Bertz CT molecular complexity index is 4510. The Labute approximate surface area is 552 Å². The molecule has 0 bridgehead atoms. The Kier molecular flexibility index (Phi) is 16.4. The Morgan fingerprint density at radius 3 is 1.91 bits per heavy atom. The number of carbonyl (C=O) groups excluding carboxylic acids is 2. The van der Waals surface area contributed by atoms with Gasteiger partial charge in [0.2, 0.25) is 11.8 Å². The molecule has 500 valence electrons. The number of nitrogens with zero attached hydrogens (tertiary/aromatic N) is 13. The summed E-state index contributed by atoms with van der Waals surface area (Å²) >= 11 is 0. The molecular formula is C73H77F6N13O4. The van der Waals surface area contributed by atoms with Gasteiger partial charge >= 0.3 is 12.0 Å². The largest absolute Gasteiger partial charge is 0.461 e. The molecule has 15 rings (SSSR count). The fourth-order valence-corrected chi connectivity index (χ4v) is 16.9. The Morgan fingerprint density at radius 2 is 1.29 bits per heavy atom. The third-order valence-electron chi connectivity index (χ3n) is 22.2. The number of ether oxygens (including phenoxy) is 2. The maximum Gasteiger partial charge on any atom is 0.319 e. The molecule has 17 nitrogen and oxygen atoms in total. The number of benzene rings is 4. The van der Waals surface area contributed by atoms with Gasteiger partial charge in [0, 0.05) is 132 Å². The lowest BCUT2D eigenvalue weighted by Gasteiger charge is -2.35. The molecule has 7 fully saturated rings. The van der Waals surface area contributed by atoms with Crippen molar-refractivity contribution in [3.8, 4) is 34.5 Å². The number of pyridine rings is 2. The van der Waals surface area contributed by atoms with E-state index in [1.165, 1.54) is 24.5 Å². The van der Waals surface area contributed by atoms with E-state index >= 15 is 26.3 Å². The first-order valence-electron chi connectivity index (χ1n) is 33.6. The van der Waals surface area contributed by atoms with Crippen molar-refractivity contribution in [2.75, 3.05) is 96.5 Å². The second-order valence-electron chi connectivity index (χ2n) is 27.6. The molecule has 0 aliphatic carbocycles. The first-order valence-corrected chi connectivity index (χ1v) is 33.6. The quantitative estimate of drug-likeness (QED) is 0.0627. The molecule has 0 radical (unpaired) electrons. The van der Waals surface area contributed by atoms with Crippen LogP contribution < -0.4 is 19.3 Å². The van der Waals surface area contributed by atoms with Gasteiger partial charge in [-0.1, -0.05) is 62.0 Å². The van der Waals surface area contributed by atoms with Gasteiger partial charge < -0.3 is 29.1 Å². The van der Waals surface area contributed by atoms with Gasteiger partial charge in [0.1, 0.15) is 71.2 Å². The van der Waals surface area contributed by atoms with Crippen LogP contribution in [0.15, 0.2) is 91.8 Å². The monoisotopic (exact) mass is 1310 g/mol. The number of carbonyl (C=O) groups is 2. The van der Waals surface area contributed by atoms with Gasteiger partial charge in [-0.05, 0) is 123 Å². The van der Waals surface area contributed by atoms with Crippen molar-refractivity contribution in [1.29, 1.82) is 0 Å². The van der Waals surface area contributed by atoms with Crippen molar-refractivity contribution in [3.63, 3.8) is 0 Å². The van der Waals surface area contributed by atoms with Crippen LogP contribution in [0, 0.1) is 30.2 Å². The molecule has 2 amide bonds. The van der Waals surface area contributed by atoms with Crippen molar-refractivity contribution in [1.82, 2.24) is 54.4 Å². The van der Waals surface area contributed by atoms with Crippen molar-refractivity contribution >= 4 is 66.8 Å². The minimum Gasteiger partial charge on any atom is -0.461 e. The summed E-state index contributed by atoms with van der Waals surface area (Å²) in [4.78, 5) is 68.6. The van der Waals surface area contributed by atoms with Crippen molar-refractivity contribution in [2.24, 2.45) is 0 Å². The summed E-state index contributed by atoms with van der Waals surface area (Å²) in [6.07, 6.45) is 10.9. The van der Waals surface area contributed by atoms with E-state index in [9.17, 15) is 9.59 Å². The third-order valence-corrected chi connectivity index (χ3v) is 22.2. The highest BCUT2D eigenvalue weighted by molar-refractivity contribution is 6.03. The lowest BCUT2D eigenvalue weighted by atomic mass is 9.90. The van der Waals surface area contributed by atoms with Crippen LogP contribution in [0.5, 0.6) is 12.0 Å². The Morgan fingerprint density at radius 1 is 0.688 bits per heavy atom. The zero-order chi connectivity index (χ0) is 66.6. The summed E-state index contributed by atoms with van der Waals surface area (Å²) in [5.74, 6) is -2.14. The zero-order valence-electron chi connectivity index (χ0n) is 54.6. The molecule has 7 saturated heterocycles. The molecule has 8 aromatic rings. The number of amides is 2. The summed E-state index contributed by atoms with van der Waals surface area (Å²) in [5.41, 5.74) is -0.0670. The number of aryl methyl sites for hydroxylation is 2. The average Bonchev–Trinajstić information content (AvgIpc) is 1.32. The number of fused-ring (bicyclic) bond motifs is 6. The number of hydrogen-bond donors (Lipinski definition) is 0. The smallest absolute Gasteiger partial charge is 0.319 e. The molecule has 4 aromatic carbocycles. The van der Waals surface area contributed by atoms with Crippen molar-refractivity contribution < 1.29 is 45.4 Å². The van der Waals surface area contributed by atoms with E-state index in [-0.39, 0.29) is 102 Å². The molecule has 0 saturated carbocycles. The van der Waals surface area contributed by atoms with Gasteiger partial charge in [-0.15, -0.1) is 0 Å². The summed E-state index contributed by atoms with van der Waals surface area (Å²) in [6, 6.07) is 14.3. The van der Waals surface area contributed by atoms with Crippen molar-refractivity contribution in [3.05, 3.63) is 132 Å². The number of halogens is 6. The van der Waals surface area contributed by atoms with Crippen LogP contribution in [0.2, 0.25) is 0 Å². The van der Waals surface area contributed by atoms with Gasteiger partial charge in [-0.3, -0.25) is 34.3 Å². The first kappa shape index (κ1) is 63.5. The van der Waals surface area contributed by atoms with Crippen LogP contribution in [0.3, 0.4) is 0 Å². The molecule has 96 heavy (non-hydrogen) atoms. The fourth-order valence-electron chi connectivity index (χ4n) is 16.9. The number of hydrogen-bond acceptors (Lipinski definition) is 15. The minimum absolute atomic E-state index is 0.0186. The van der Waals surface area contributed by atoms with Crippen molar-refractivity contribution in [2.45, 2.75) is 126 Å². The van der Waals surface area contributed by atoms with E-state index in [0.29, 0.717) is 131 Å². The van der Waals surface area contributed by atoms with Crippen LogP contribution in [-0.4, -0.2) is 194 Å². The molecule has 0 spiro atoms. The zero-order valence-corrected chi connectivity index (χ0v) is 54.6. The van der Waals surface area contributed by atoms with Crippen LogP contribution in [0.4, 0.5) is 38.0 Å². The first-order chi connectivity index (χ1) is 46.3. The SMILES string of the molecule is C=CC(=O)N1CC[C@@H](N(C)c2nc(OC[C@@]34CCC(c5cc6cccc(-c7ncc8c(N(C)[C@@H]9CCN(C(=O)/C=C/[C@H]%10CCN%10C)C9)nc(OCC9%10CCCN9C[C@H](F)C%10)nc8c7F)c6c(CC)c5F)N3C[C@H](F)C4)nc3c(F)c(-c4cccc5ccc(F)c(C)c45)ncc23)C1. The van der Waals surface area contributed by atoms with E-state index in [2.05, 4.69) is 21.4 Å². The predicted molar refractivity (Wildman–Crippen MR) is 357 cm³/mol. The summed E-state index contributed by atoms with van der Waals surface area (Å²) in [6.45, 7) is 10.9. The van der Waals surface area contributed by atoms with E-state index in [0.717, 1.165) is 32.4 Å². The predicted octanol–water partition coefficient (Wildman–Crippen LogP) is 11.6. The lowest BCUT2D eigenvalue weighted by Crippen LogP contribution is -2.44. The van der Waals surface area contributed by atoms with Gasteiger partial charge in [0.25, 0.3) is 0 Å². The number of rotatable bonds is 17.